The summed E-state index contributed by atoms with van der Waals surface area (Å²) in [5, 5.41) is 11.1. The van der Waals surface area contributed by atoms with Gasteiger partial charge in [0, 0.05) is 5.69 Å². The minimum atomic E-state index is 0.153. The maximum absolute atomic E-state index is 8.17. The van der Waals surface area contributed by atoms with Gasteiger partial charge in [-0.15, -0.1) is 0 Å². The van der Waals surface area contributed by atoms with Crippen LogP contribution in [0.3, 0.4) is 0 Å². The van der Waals surface area contributed by atoms with E-state index in [1.54, 1.807) is 13.0 Å². The molecule has 1 aromatic heterocycles. The number of hydrogen-bond acceptors (Lipinski definition) is 4. The zero-order chi connectivity index (χ0) is 8.27. The summed E-state index contributed by atoms with van der Waals surface area (Å²) in [6.07, 6.45) is 1.20. The first-order chi connectivity index (χ1) is 5.22. The molecular formula is C6H6ClN3O. The van der Waals surface area contributed by atoms with Crippen LogP contribution in [0.25, 0.3) is 0 Å². The number of aryl methyl sites for hydroxylation is 1. The van der Waals surface area contributed by atoms with Crippen LogP contribution >= 0.6 is 11.6 Å². The number of nitrogens with zero attached hydrogens (tertiary/aromatic N) is 3. The molecule has 1 heterocycles. The van der Waals surface area contributed by atoms with Crippen molar-refractivity contribution < 1.29 is 5.21 Å². The average Bonchev–Trinajstić information content (AvgIpc) is 1.85. The van der Waals surface area contributed by atoms with Gasteiger partial charge in [-0.1, -0.05) is 5.16 Å². The van der Waals surface area contributed by atoms with Gasteiger partial charge in [0.1, 0.15) is 0 Å². The van der Waals surface area contributed by atoms with E-state index >= 15 is 0 Å². The van der Waals surface area contributed by atoms with Gasteiger partial charge in [0.25, 0.3) is 0 Å². The van der Waals surface area contributed by atoms with Crippen LogP contribution in [0.4, 0.5) is 0 Å². The quantitative estimate of drug-likeness (QED) is 0.299. The molecule has 5 heteroatoms. The summed E-state index contributed by atoms with van der Waals surface area (Å²) < 4.78 is 0. The largest absolute Gasteiger partial charge is 0.411 e. The minimum Gasteiger partial charge on any atom is -0.411 e. The maximum Gasteiger partial charge on any atom is 0.223 e. The van der Waals surface area contributed by atoms with Gasteiger partial charge in [0.15, 0.2) is 0 Å². The van der Waals surface area contributed by atoms with E-state index in [-0.39, 0.29) is 5.28 Å². The van der Waals surface area contributed by atoms with E-state index in [9.17, 15) is 0 Å². The molecule has 0 fully saturated rings. The van der Waals surface area contributed by atoms with Gasteiger partial charge in [0.05, 0.1) is 11.9 Å². The van der Waals surface area contributed by atoms with Crippen molar-refractivity contribution in [2.24, 2.45) is 5.16 Å². The molecule has 0 spiro atoms. The molecule has 58 valence electrons. The van der Waals surface area contributed by atoms with Gasteiger partial charge in [-0.05, 0) is 24.6 Å². The summed E-state index contributed by atoms with van der Waals surface area (Å²) >= 11 is 5.52. The standard InChI is InChI=1S/C6H6ClN3O/c1-4-2-5(3-8-11)10-6(7)9-4/h2-3,11H,1H3/b8-3+. The smallest absolute Gasteiger partial charge is 0.223 e. The first-order valence-electron chi connectivity index (χ1n) is 2.91. The molecular weight excluding hydrogens is 166 g/mol. The van der Waals surface area contributed by atoms with E-state index in [2.05, 4.69) is 15.1 Å². The molecule has 0 saturated heterocycles. The lowest BCUT2D eigenvalue weighted by molar-refractivity contribution is 0.321. The lowest BCUT2D eigenvalue weighted by Crippen LogP contribution is -1.93. The molecule has 11 heavy (non-hydrogen) atoms. The Balaban J connectivity index is 3.08. The lowest BCUT2D eigenvalue weighted by Gasteiger charge is -1.94. The molecule has 4 nitrogen and oxygen atoms in total. The Morgan fingerprint density at radius 3 is 2.91 bits per heavy atom. The van der Waals surface area contributed by atoms with Crippen LogP contribution in [0, 0.1) is 6.92 Å². The zero-order valence-corrected chi connectivity index (χ0v) is 6.58. The van der Waals surface area contributed by atoms with Gasteiger partial charge in [0.2, 0.25) is 5.28 Å². The predicted molar refractivity (Wildman–Crippen MR) is 41.2 cm³/mol. The molecule has 0 atom stereocenters. The van der Waals surface area contributed by atoms with Gasteiger partial charge in [-0.25, -0.2) is 9.97 Å². The van der Waals surface area contributed by atoms with E-state index in [1.807, 2.05) is 0 Å². The molecule has 0 aromatic carbocycles. The molecule has 0 bridgehead atoms. The predicted octanol–water partition coefficient (Wildman–Crippen LogP) is 1.25. The number of rotatable bonds is 1. The van der Waals surface area contributed by atoms with Crippen LogP contribution in [-0.4, -0.2) is 21.4 Å². The Labute approximate surface area is 68.5 Å². The van der Waals surface area contributed by atoms with Crippen molar-refractivity contribution in [2.75, 3.05) is 0 Å². The fourth-order valence-electron chi connectivity index (χ4n) is 0.681. The highest BCUT2D eigenvalue weighted by Crippen LogP contribution is 2.02. The summed E-state index contributed by atoms with van der Waals surface area (Å²) in [4.78, 5) is 7.60. The average molecular weight is 172 g/mol. The summed E-state index contributed by atoms with van der Waals surface area (Å²) in [5.74, 6) is 0. The van der Waals surface area contributed by atoms with Gasteiger partial charge in [-0.2, -0.15) is 0 Å². The van der Waals surface area contributed by atoms with Crippen molar-refractivity contribution in [2.45, 2.75) is 6.92 Å². The van der Waals surface area contributed by atoms with Crippen LogP contribution in [0.5, 0.6) is 0 Å². The summed E-state index contributed by atoms with van der Waals surface area (Å²) in [6.45, 7) is 1.78. The lowest BCUT2D eigenvalue weighted by atomic mass is 10.3. The Kier molecular flexibility index (Phi) is 2.38. The fourth-order valence-corrected chi connectivity index (χ4v) is 0.912. The summed E-state index contributed by atoms with van der Waals surface area (Å²) in [7, 11) is 0. The Morgan fingerprint density at radius 2 is 2.36 bits per heavy atom. The first kappa shape index (κ1) is 7.94. The van der Waals surface area contributed by atoms with E-state index in [0.717, 1.165) is 5.69 Å². The molecule has 0 aliphatic heterocycles. The van der Waals surface area contributed by atoms with Crippen LogP contribution < -0.4 is 0 Å². The highest BCUT2D eigenvalue weighted by Gasteiger charge is 1.96. The zero-order valence-electron chi connectivity index (χ0n) is 5.82. The van der Waals surface area contributed by atoms with Crippen LogP contribution in [0.1, 0.15) is 11.4 Å². The molecule has 0 aliphatic rings. The van der Waals surface area contributed by atoms with Gasteiger partial charge >= 0.3 is 0 Å². The van der Waals surface area contributed by atoms with Crippen molar-refractivity contribution in [1.29, 1.82) is 0 Å². The summed E-state index contributed by atoms with van der Waals surface area (Å²) in [6, 6.07) is 1.66. The van der Waals surface area contributed by atoms with Crippen LogP contribution in [-0.2, 0) is 0 Å². The third-order valence-electron chi connectivity index (χ3n) is 1.04. The van der Waals surface area contributed by atoms with Crippen LogP contribution in [0.2, 0.25) is 5.28 Å². The topological polar surface area (TPSA) is 58.4 Å². The fraction of sp³-hybridized carbons (Fsp3) is 0.167. The first-order valence-corrected chi connectivity index (χ1v) is 3.29. The van der Waals surface area contributed by atoms with Crippen LogP contribution in [0.15, 0.2) is 11.2 Å². The Bertz CT molecular complexity index is 267. The van der Waals surface area contributed by atoms with E-state index in [4.69, 9.17) is 16.8 Å². The van der Waals surface area contributed by atoms with Crippen molar-refractivity contribution in [3.8, 4) is 0 Å². The summed E-state index contributed by atoms with van der Waals surface area (Å²) in [5.41, 5.74) is 1.23. The minimum absolute atomic E-state index is 0.153. The van der Waals surface area contributed by atoms with Gasteiger partial charge < -0.3 is 5.21 Å². The normalized spacial score (nSPS) is 10.7. The van der Waals surface area contributed by atoms with E-state index in [1.165, 1.54) is 6.21 Å². The van der Waals surface area contributed by atoms with E-state index in [0.29, 0.717) is 5.69 Å². The van der Waals surface area contributed by atoms with Crippen molar-refractivity contribution in [3.63, 3.8) is 0 Å². The number of oxime groups is 1. The number of halogens is 1. The molecule has 1 aromatic rings. The van der Waals surface area contributed by atoms with Gasteiger partial charge in [-0.3, -0.25) is 0 Å². The molecule has 1 N–H and O–H groups in total. The second-order valence-electron chi connectivity index (χ2n) is 1.95. The maximum atomic E-state index is 8.17. The highest BCUT2D eigenvalue weighted by molar-refractivity contribution is 6.28. The molecule has 0 radical (unpaired) electrons. The van der Waals surface area contributed by atoms with E-state index < -0.39 is 0 Å². The Morgan fingerprint density at radius 1 is 1.64 bits per heavy atom. The SMILES string of the molecule is Cc1cc(/C=N/O)nc(Cl)n1. The number of aromatic nitrogens is 2. The third-order valence-corrected chi connectivity index (χ3v) is 1.21. The Hall–Kier alpha value is -1.16. The number of hydrogen-bond donors (Lipinski definition) is 1. The van der Waals surface area contributed by atoms with Crippen molar-refractivity contribution >= 4 is 17.8 Å². The third kappa shape index (κ3) is 2.16. The molecule has 0 aliphatic carbocycles. The highest BCUT2D eigenvalue weighted by atomic mass is 35.5. The molecule has 0 unspecified atom stereocenters. The second-order valence-corrected chi connectivity index (χ2v) is 2.29. The van der Waals surface area contributed by atoms with Crippen molar-refractivity contribution in [3.05, 3.63) is 22.7 Å². The second kappa shape index (κ2) is 3.30. The molecule has 1 rings (SSSR count). The molecule has 0 amide bonds. The monoisotopic (exact) mass is 171 g/mol. The van der Waals surface area contributed by atoms with Crippen molar-refractivity contribution in [1.82, 2.24) is 9.97 Å². The molecule has 0 saturated carbocycles.